The lowest BCUT2D eigenvalue weighted by Crippen LogP contribution is -2.21. The molecule has 2 rings (SSSR count). The molecule has 0 amide bonds. The standard InChI is InChI=1S/C7H14N2.C2H6/c1-9-4-6-2-8-3-7(6)5-9;1-2/h6-8H,2-5H2,1H3;1-2H3/t6-,7?;/m0./s1. The first-order chi connectivity index (χ1) is 5.36. The number of likely N-dealkylation sites (tertiary alicyclic amines) is 1. The first-order valence-corrected chi connectivity index (χ1v) is 4.75. The Hall–Kier alpha value is -0.0800. The molecule has 0 aromatic heterocycles. The largest absolute Gasteiger partial charge is 0.316 e. The Morgan fingerprint density at radius 2 is 1.55 bits per heavy atom. The second-order valence-corrected chi connectivity index (χ2v) is 3.40. The summed E-state index contributed by atoms with van der Waals surface area (Å²) in [5, 5.41) is 3.42. The average molecular weight is 156 g/mol. The molecule has 66 valence electrons. The Morgan fingerprint density at radius 3 is 2.00 bits per heavy atom. The van der Waals surface area contributed by atoms with Crippen LogP contribution in [0.15, 0.2) is 0 Å². The maximum atomic E-state index is 3.42. The highest BCUT2D eigenvalue weighted by atomic mass is 15.2. The Labute approximate surface area is 70.0 Å². The summed E-state index contributed by atoms with van der Waals surface area (Å²) < 4.78 is 0. The van der Waals surface area contributed by atoms with Crippen molar-refractivity contribution < 1.29 is 0 Å². The lowest BCUT2D eigenvalue weighted by molar-refractivity contribution is 0.382. The minimum Gasteiger partial charge on any atom is -0.316 e. The number of hydrogen-bond acceptors (Lipinski definition) is 2. The third-order valence-electron chi connectivity index (χ3n) is 2.57. The Kier molecular flexibility index (Phi) is 3.34. The van der Waals surface area contributed by atoms with Crippen molar-refractivity contribution in [3.63, 3.8) is 0 Å². The summed E-state index contributed by atoms with van der Waals surface area (Å²) in [7, 11) is 2.22. The molecule has 0 aliphatic carbocycles. The summed E-state index contributed by atoms with van der Waals surface area (Å²) in [6.07, 6.45) is 0. The SMILES string of the molecule is CC.CN1CC2CNC[C@H]2C1. The van der Waals surface area contributed by atoms with Gasteiger partial charge in [-0.05, 0) is 32.0 Å². The highest BCUT2D eigenvalue weighted by Crippen LogP contribution is 2.24. The van der Waals surface area contributed by atoms with Crippen LogP contribution in [0.25, 0.3) is 0 Å². The maximum Gasteiger partial charge on any atom is 0.00225 e. The highest BCUT2D eigenvalue weighted by molar-refractivity contribution is 4.89. The topological polar surface area (TPSA) is 15.3 Å². The zero-order chi connectivity index (χ0) is 8.27. The van der Waals surface area contributed by atoms with E-state index in [1.807, 2.05) is 13.8 Å². The van der Waals surface area contributed by atoms with Crippen molar-refractivity contribution in [1.82, 2.24) is 10.2 Å². The molecule has 0 radical (unpaired) electrons. The monoisotopic (exact) mass is 156 g/mol. The molecule has 1 N–H and O–H groups in total. The number of nitrogens with one attached hydrogen (secondary N) is 1. The summed E-state index contributed by atoms with van der Waals surface area (Å²) in [5.41, 5.74) is 0. The van der Waals surface area contributed by atoms with E-state index < -0.39 is 0 Å². The van der Waals surface area contributed by atoms with Gasteiger partial charge in [0.05, 0.1) is 0 Å². The number of fused-ring (bicyclic) bond motifs is 1. The first-order valence-electron chi connectivity index (χ1n) is 4.75. The molecule has 1 unspecified atom stereocenters. The number of rotatable bonds is 0. The fourth-order valence-electron chi connectivity index (χ4n) is 2.09. The molecule has 0 aromatic rings. The molecule has 2 saturated heterocycles. The molecular weight excluding hydrogens is 136 g/mol. The third kappa shape index (κ3) is 1.94. The quantitative estimate of drug-likeness (QED) is 0.558. The van der Waals surface area contributed by atoms with E-state index in [0.29, 0.717) is 0 Å². The van der Waals surface area contributed by atoms with Crippen LogP contribution in [0.2, 0.25) is 0 Å². The van der Waals surface area contributed by atoms with Gasteiger partial charge < -0.3 is 10.2 Å². The third-order valence-corrected chi connectivity index (χ3v) is 2.57. The van der Waals surface area contributed by atoms with Gasteiger partial charge in [-0.1, -0.05) is 13.8 Å². The van der Waals surface area contributed by atoms with E-state index in [-0.39, 0.29) is 0 Å². The predicted molar refractivity (Wildman–Crippen MR) is 48.7 cm³/mol. The fourth-order valence-corrected chi connectivity index (χ4v) is 2.09. The van der Waals surface area contributed by atoms with Crippen molar-refractivity contribution in [3.8, 4) is 0 Å². The van der Waals surface area contributed by atoms with Crippen LogP contribution in [0.5, 0.6) is 0 Å². The molecule has 2 fully saturated rings. The Balaban J connectivity index is 0.000000281. The average Bonchev–Trinajstić information content (AvgIpc) is 2.51. The first kappa shape index (κ1) is 9.01. The van der Waals surface area contributed by atoms with Gasteiger partial charge in [0.25, 0.3) is 0 Å². The van der Waals surface area contributed by atoms with Gasteiger partial charge in [-0.15, -0.1) is 0 Å². The Bertz CT molecular complexity index is 102. The van der Waals surface area contributed by atoms with Gasteiger partial charge in [0, 0.05) is 13.1 Å². The zero-order valence-corrected chi connectivity index (χ0v) is 7.93. The summed E-state index contributed by atoms with van der Waals surface area (Å²) in [6, 6.07) is 0. The van der Waals surface area contributed by atoms with Crippen LogP contribution in [0.1, 0.15) is 13.8 Å². The molecule has 0 saturated carbocycles. The number of nitrogens with zero attached hydrogens (tertiary/aromatic N) is 1. The zero-order valence-electron chi connectivity index (χ0n) is 7.93. The van der Waals surface area contributed by atoms with E-state index in [9.17, 15) is 0 Å². The molecule has 11 heavy (non-hydrogen) atoms. The molecule has 2 heterocycles. The van der Waals surface area contributed by atoms with Crippen LogP contribution < -0.4 is 5.32 Å². The van der Waals surface area contributed by atoms with Crippen LogP contribution in [0.4, 0.5) is 0 Å². The molecule has 2 aliphatic rings. The summed E-state index contributed by atoms with van der Waals surface area (Å²) in [6.45, 7) is 9.15. The van der Waals surface area contributed by atoms with Crippen LogP contribution in [-0.4, -0.2) is 38.1 Å². The summed E-state index contributed by atoms with van der Waals surface area (Å²) >= 11 is 0. The van der Waals surface area contributed by atoms with E-state index in [1.165, 1.54) is 26.2 Å². The lowest BCUT2D eigenvalue weighted by atomic mass is 10.0. The van der Waals surface area contributed by atoms with Gasteiger partial charge in [-0.3, -0.25) is 0 Å². The van der Waals surface area contributed by atoms with E-state index >= 15 is 0 Å². The molecular formula is C9H20N2. The normalized spacial score (nSPS) is 36.3. The predicted octanol–water partition coefficient (Wildman–Crippen LogP) is 0.794. The van der Waals surface area contributed by atoms with Crippen LogP contribution >= 0.6 is 0 Å². The fraction of sp³-hybridized carbons (Fsp3) is 1.00. The van der Waals surface area contributed by atoms with Gasteiger partial charge in [0.15, 0.2) is 0 Å². The van der Waals surface area contributed by atoms with Gasteiger partial charge in [0.1, 0.15) is 0 Å². The maximum absolute atomic E-state index is 3.42. The second kappa shape index (κ2) is 4.07. The molecule has 2 heteroatoms. The van der Waals surface area contributed by atoms with Crippen molar-refractivity contribution in [1.29, 1.82) is 0 Å². The van der Waals surface area contributed by atoms with Crippen molar-refractivity contribution in [2.24, 2.45) is 11.8 Å². The molecule has 2 atom stereocenters. The minimum absolute atomic E-state index is 0.968. The summed E-state index contributed by atoms with van der Waals surface area (Å²) in [5.74, 6) is 1.94. The molecule has 0 aromatic carbocycles. The van der Waals surface area contributed by atoms with Gasteiger partial charge in [-0.25, -0.2) is 0 Å². The molecule has 0 bridgehead atoms. The van der Waals surface area contributed by atoms with E-state index in [0.717, 1.165) is 11.8 Å². The van der Waals surface area contributed by atoms with Crippen molar-refractivity contribution in [2.45, 2.75) is 13.8 Å². The van der Waals surface area contributed by atoms with Crippen molar-refractivity contribution in [2.75, 3.05) is 33.2 Å². The van der Waals surface area contributed by atoms with Crippen LogP contribution in [-0.2, 0) is 0 Å². The van der Waals surface area contributed by atoms with Crippen LogP contribution in [0.3, 0.4) is 0 Å². The van der Waals surface area contributed by atoms with Gasteiger partial charge in [-0.2, -0.15) is 0 Å². The van der Waals surface area contributed by atoms with E-state index in [2.05, 4.69) is 17.3 Å². The lowest BCUT2D eigenvalue weighted by Gasteiger charge is -2.07. The van der Waals surface area contributed by atoms with E-state index in [1.54, 1.807) is 0 Å². The highest BCUT2D eigenvalue weighted by Gasteiger charge is 2.33. The van der Waals surface area contributed by atoms with Crippen molar-refractivity contribution >= 4 is 0 Å². The minimum atomic E-state index is 0.968. The van der Waals surface area contributed by atoms with E-state index in [4.69, 9.17) is 0 Å². The van der Waals surface area contributed by atoms with Crippen LogP contribution in [0, 0.1) is 11.8 Å². The van der Waals surface area contributed by atoms with Gasteiger partial charge in [0.2, 0.25) is 0 Å². The van der Waals surface area contributed by atoms with Gasteiger partial charge >= 0.3 is 0 Å². The van der Waals surface area contributed by atoms with Crippen molar-refractivity contribution in [3.05, 3.63) is 0 Å². The Morgan fingerprint density at radius 1 is 1.09 bits per heavy atom. The molecule has 0 spiro atoms. The number of hydrogen-bond donors (Lipinski definition) is 1. The molecule has 2 nitrogen and oxygen atoms in total. The second-order valence-electron chi connectivity index (χ2n) is 3.40. The smallest absolute Gasteiger partial charge is 0.00225 e. The molecule has 2 aliphatic heterocycles. The summed E-state index contributed by atoms with van der Waals surface area (Å²) in [4.78, 5) is 2.44.